The van der Waals surface area contributed by atoms with Gasteiger partial charge in [-0.2, -0.15) is 0 Å². The summed E-state index contributed by atoms with van der Waals surface area (Å²) in [5, 5.41) is 9.18. The van der Waals surface area contributed by atoms with Gasteiger partial charge in [-0.1, -0.05) is 30.5 Å². The van der Waals surface area contributed by atoms with Gasteiger partial charge < -0.3 is 9.84 Å². The number of ether oxygens (including phenoxy) is 1. The molecule has 15 heavy (non-hydrogen) atoms. The average Bonchev–Trinajstić information content (AvgIpc) is 3.04. The summed E-state index contributed by atoms with van der Waals surface area (Å²) in [7, 11) is 0. The minimum atomic E-state index is 0.0560. The zero-order chi connectivity index (χ0) is 10.7. The number of benzene rings is 1. The molecule has 1 aromatic carbocycles. The average molecular weight is 206 g/mol. The van der Waals surface area contributed by atoms with Crippen molar-refractivity contribution in [3.8, 4) is 5.75 Å². The molecule has 2 rings (SSSR count). The Morgan fingerprint density at radius 3 is 2.87 bits per heavy atom. The molecule has 0 unspecified atom stereocenters. The predicted molar refractivity (Wildman–Crippen MR) is 59.9 cm³/mol. The van der Waals surface area contributed by atoms with E-state index in [4.69, 9.17) is 4.74 Å². The summed E-state index contributed by atoms with van der Waals surface area (Å²) in [6.07, 6.45) is 3.88. The van der Waals surface area contributed by atoms with Gasteiger partial charge in [0, 0.05) is 5.56 Å². The summed E-state index contributed by atoms with van der Waals surface area (Å²) >= 11 is 0. The monoisotopic (exact) mass is 206 g/mol. The molecule has 2 heteroatoms. The lowest BCUT2D eigenvalue weighted by Crippen LogP contribution is -2.01. The van der Waals surface area contributed by atoms with E-state index < -0.39 is 0 Å². The summed E-state index contributed by atoms with van der Waals surface area (Å²) in [5.41, 5.74) is 2.05. The van der Waals surface area contributed by atoms with Crippen LogP contribution in [0.5, 0.6) is 5.75 Å². The van der Waals surface area contributed by atoms with E-state index in [9.17, 15) is 5.11 Å². The van der Waals surface area contributed by atoms with Crippen LogP contribution in [-0.4, -0.2) is 11.7 Å². The van der Waals surface area contributed by atoms with E-state index in [1.807, 2.05) is 25.1 Å². The van der Waals surface area contributed by atoms with E-state index in [1.54, 1.807) is 0 Å². The van der Waals surface area contributed by atoms with Crippen molar-refractivity contribution in [1.29, 1.82) is 0 Å². The lowest BCUT2D eigenvalue weighted by molar-refractivity contribution is 0.259. The van der Waals surface area contributed by atoms with Crippen molar-refractivity contribution in [3.63, 3.8) is 0 Å². The standard InChI is InChI=1S/C13H18O2/c1-10-2-5-13(12(8-10)9-14)15-7-6-11-3-4-11/h2,5,8,11,14H,3-4,6-7,9H2,1H3. The van der Waals surface area contributed by atoms with Crippen LogP contribution >= 0.6 is 0 Å². The molecule has 0 radical (unpaired) electrons. The van der Waals surface area contributed by atoms with Gasteiger partial charge in [-0.3, -0.25) is 0 Å². The van der Waals surface area contributed by atoms with Crippen molar-refractivity contribution in [1.82, 2.24) is 0 Å². The van der Waals surface area contributed by atoms with Gasteiger partial charge in [0.25, 0.3) is 0 Å². The molecule has 2 nitrogen and oxygen atoms in total. The van der Waals surface area contributed by atoms with E-state index >= 15 is 0 Å². The first-order valence-electron chi connectivity index (χ1n) is 5.63. The molecule has 0 aromatic heterocycles. The van der Waals surface area contributed by atoms with Crippen molar-refractivity contribution in [2.24, 2.45) is 5.92 Å². The van der Waals surface area contributed by atoms with E-state index in [-0.39, 0.29) is 6.61 Å². The molecule has 1 aromatic rings. The minimum absolute atomic E-state index is 0.0560. The maximum absolute atomic E-state index is 9.18. The van der Waals surface area contributed by atoms with Crippen LogP contribution in [0.15, 0.2) is 18.2 Å². The molecular formula is C13H18O2. The van der Waals surface area contributed by atoms with Crippen LogP contribution in [0, 0.1) is 12.8 Å². The molecule has 1 fully saturated rings. The van der Waals surface area contributed by atoms with Gasteiger partial charge in [-0.15, -0.1) is 0 Å². The molecule has 0 heterocycles. The molecule has 0 saturated heterocycles. The van der Waals surface area contributed by atoms with Crippen LogP contribution in [0.1, 0.15) is 30.4 Å². The van der Waals surface area contributed by atoms with Gasteiger partial charge >= 0.3 is 0 Å². The Hall–Kier alpha value is -1.02. The Bertz CT molecular complexity index is 329. The number of aryl methyl sites for hydroxylation is 1. The highest BCUT2D eigenvalue weighted by molar-refractivity contribution is 5.36. The van der Waals surface area contributed by atoms with E-state index in [1.165, 1.54) is 12.8 Å². The Kier molecular flexibility index (Phi) is 3.27. The minimum Gasteiger partial charge on any atom is -0.493 e. The normalized spacial score (nSPS) is 15.3. The fourth-order valence-corrected chi connectivity index (χ4v) is 1.71. The van der Waals surface area contributed by atoms with Crippen LogP contribution in [0.25, 0.3) is 0 Å². The third-order valence-electron chi connectivity index (χ3n) is 2.87. The zero-order valence-corrected chi connectivity index (χ0v) is 9.20. The first-order chi connectivity index (χ1) is 7.29. The third-order valence-corrected chi connectivity index (χ3v) is 2.87. The van der Waals surface area contributed by atoms with Gasteiger partial charge in [0.1, 0.15) is 5.75 Å². The summed E-state index contributed by atoms with van der Waals surface area (Å²) in [6.45, 7) is 2.86. The highest BCUT2D eigenvalue weighted by Gasteiger charge is 2.20. The van der Waals surface area contributed by atoms with Gasteiger partial charge in [-0.05, 0) is 25.3 Å². The second kappa shape index (κ2) is 4.67. The lowest BCUT2D eigenvalue weighted by atomic mass is 10.1. The lowest BCUT2D eigenvalue weighted by Gasteiger charge is -2.10. The molecule has 1 aliphatic rings. The van der Waals surface area contributed by atoms with Gasteiger partial charge in [0.05, 0.1) is 13.2 Å². The second-order valence-electron chi connectivity index (χ2n) is 4.35. The maximum Gasteiger partial charge on any atom is 0.124 e. The zero-order valence-electron chi connectivity index (χ0n) is 9.20. The van der Waals surface area contributed by atoms with Crippen LogP contribution in [0.4, 0.5) is 0 Å². The van der Waals surface area contributed by atoms with Crippen LogP contribution < -0.4 is 4.74 Å². The molecule has 0 atom stereocenters. The molecule has 82 valence electrons. The van der Waals surface area contributed by atoms with Gasteiger partial charge in [0.15, 0.2) is 0 Å². The van der Waals surface area contributed by atoms with Gasteiger partial charge in [0.2, 0.25) is 0 Å². The first kappa shape index (κ1) is 10.5. The molecule has 0 bridgehead atoms. The quantitative estimate of drug-likeness (QED) is 0.802. The Balaban J connectivity index is 1.92. The van der Waals surface area contributed by atoms with Crippen LogP contribution in [0.2, 0.25) is 0 Å². The SMILES string of the molecule is Cc1ccc(OCCC2CC2)c(CO)c1. The Morgan fingerprint density at radius 2 is 2.20 bits per heavy atom. The molecule has 0 amide bonds. The number of aliphatic hydroxyl groups excluding tert-OH is 1. The van der Waals surface area contributed by atoms with Crippen molar-refractivity contribution >= 4 is 0 Å². The maximum atomic E-state index is 9.18. The van der Waals surface area contributed by atoms with Crippen molar-refractivity contribution in [3.05, 3.63) is 29.3 Å². The molecule has 0 aliphatic heterocycles. The molecule has 1 saturated carbocycles. The van der Waals surface area contributed by atoms with Crippen molar-refractivity contribution in [2.45, 2.75) is 32.8 Å². The van der Waals surface area contributed by atoms with Gasteiger partial charge in [-0.25, -0.2) is 0 Å². The third kappa shape index (κ3) is 2.96. The van der Waals surface area contributed by atoms with Crippen LogP contribution in [-0.2, 0) is 6.61 Å². The summed E-state index contributed by atoms with van der Waals surface area (Å²) in [5.74, 6) is 1.73. The van der Waals surface area contributed by atoms with Crippen molar-refractivity contribution < 1.29 is 9.84 Å². The van der Waals surface area contributed by atoms with Crippen LogP contribution in [0.3, 0.4) is 0 Å². The number of aliphatic hydroxyl groups is 1. The Labute approximate surface area is 90.9 Å². The van der Waals surface area contributed by atoms with E-state index in [0.717, 1.165) is 35.8 Å². The topological polar surface area (TPSA) is 29.5 Å². The summed E-state index contributed by atoms with van der Waals surface area (Å²) in [4.78, 5) is 0. The fourth-order valence-electron chi connectivity index (χ4n) is 1.71. The molecule has 0 spiro atoms. The molecular weight excluding hydrogens is 188 g/mol. The first-order valence-corrected chi connectivity index (χ1v) is 5.63. The Morgan fingerprint density at radius 1 is 1.40 bits per heavy atom. The fraction of sp³-hybridized carbons (Fsp3) is 0.538. The summed E-state index contributed by atoms with van der Waals surface area (Å²) in [6, 6.07) is 5.95. The number of hydrogen-bond donors (Lipinski definition) is 1. The van der Waals surface area contributed by atoms with E-state index in [2.05, 4.69) is 0 Å². The van der Waals surface area contributed by atoms with E-state index in [0.29, 0.717) is 0 Å². The smallest absolute Gasteiger partial charge is 0.124 e. The number of rotatable bonds is 5. The summed E-state index contributed by atoms with van der Waals surface area (Å²) < 4.78 is 5.67. The largest absolute Gasteiger partial charge is 0.493 e. The molecule has 1 aliphatic carbocycles. The van der Waals surface area contributed by atoms with Crippen molar-refractivity contribution in [2.75, 3.05) is 6.61 Å². The highest BCUT2D eigenvalue weighted by atomic mass is 16.5. The predicted octanol–water partition coefficient (Wildman–Crippen LogP) is 2.67. The highest BCUT2D eigenvalue weighted by Crippen LogP contribution is 2.32. The number of hydrogen-bond acceptors (Lipinski definition) is 2. The second-order valence-corrected chi connectivity index (χ2v) is 4.35. The molecule has 1 N–H and O–H groups in total.